The smallest absolute Gasteiger partial charge is 0.341 e. The molecule has 0 radical (unpaired) electrons. The SMILES string of the molecule is CCOC(=O)C1=C(C)N=c2s/c(=C/c3ccc(OCC(=O)O)c(OC)c3)c(=O)n2[C@@H]1c1ccccc1. The molecule has 1 aromatic heterocycles. The van der Waals surface area contributed by atoms with Crippen molar-refractivity contribution in [3.8, 4) is 11.5 Å². The Labute approximate surface area is 210 Å². The van der Waals surface area contributed by atoms with Crippen molar-refractivity contribution in [2.45, 2.75) is 19.9 Å². The number of rotatable bonds is 8. The van der Waals surface area contributed by atoms with Crippen LogP contribution in [-0.4, -0.2) is 41.9 Å². The highest BCUT2D eigenvalue weighted by atomic mass is 32.1. The minimum Gasteiger partial charge on any atom is -0.493 e. The fraction of sp³-hybridized carbons (Fsp3) is 0.231. The minimum absolute atomic E-state index is 0.204. The van der Waals surface area contributed by atoms with E-state index >= 15 is 0 Å². The fourth-order valence-corrected chi connectivity index (χ4v) is 4.97. The molecule has 0 fully saturated rings. The van der Waals surface area contributed by atoms with E-state index in [9.17, 15) is 14.4 Å². The molecule has 2 aromatic carbocycles. The summed E-state index contributed by atoms with van der Waals surface area (Å²) in [5.74, 6) is -1.01. The number of benzene rings is 2. The molecule has 9 nitrogen and oxygen atoms in total. The Morgan fingerprint density at radius 1 is 1.17 bits per heavy atom. The third kappa shape index (κ3) is 4.94. The quantitative estimate of drug-likeness (QED) is 0.464. The predicted octanol–water partition coefficient (Wildman–Crippen LogP) is 2.27. The maximum atomic E-state index is 13.6. The van der Waals surface area contributed by atoms with Gasteiger partial charge in [-0.05, 0) is 43.2 Å². The number of nitrogens with zero attached hydrogens (tertiary/aromatic N) is 2. The summed E-state index contributed by atoms with van der Waals surface area (Å²) in [4.78, 5) is 42.4. The lowest BCUT2D eigenvalue weighted by Crippen LogP contribution is -2.39. The van der Waals surface area contributed by atoms with Crippen molar-refractivity contribution in [3.05, 3.63) is 90.6 Å². The standard InChI is InChI=1S/C26H24N2O7S/c1-4-34-25(32)22-15(2)27-26-28(23(22)17-8-6-5-7-9-17)24(31)20(36-26)13-16-10-11-18(19(12-16)33-3)35-14-21(29)30/h5-13,23H,4,14H2,1-3H3,(H,29,30)/b20-13+/t23-/m1/s1. The van der Waals surface area contributed by atoms with Crippen LogP contribution in [0.5, 0.6) is 11.5 Å². The largest absolute Gasteiger partial charge is 0.493 e. The molecule has 0 amide bonds. The van der Waals surface area contributed by atoms with E-state index < -0.39 is 24.6 Å². The van der Waals surface area contributed by atoms with E-state index in [1.54, 1.807) is 38.1 Å². The van der Waals surface area contributed by atoms with Crippen molar-refractivity contribution < 1.29 is 28.9 Å². The normalized spacial score (nSPS) is 15.2. The van der Waals surface area contributed by atoms with Crippen LogP contribution in [0, 0.1) is 0 Å². The van der Waals surface area contributed by atoms with Gasteiger partial charge in [-0.2, -0.15) is 0 Å². The minimum atomic E-state index is -1.10. The summed E-state index contributed by atoms with van der Waals surface area (Å²) >= 11 is 1.21. The molecule has 0 unspecified atom stereocenters. The summed E-state index contributed by atoms with van der Waals surface area (Å²) in [5.41, 5.74) is 1.94. The van der Waals surface area contributed by atoms with E-state index in [2.05, 4.69) is 4.99 Å². The number of carbonyl (C=O) groups is 2. The van der Waals surface area contributed by atoms with E-state index in [4.69, 9.17) is 19.3 Å². The second kappa shape index (κ2) is 10.6. The van der Waals surface area contributed by atoms with Crippen LogP contribution in [0.3, 0.4) is 0 Å². The summed E-state index contributed by atoms with van der Waals surface area (Å²) in [6, 6.07) is 13.5. The Balaban J connectivity index is 1.84. The van der Waals surface area contributed by atoms with Gasteiger partial charge in [-0.25, -0.2) is 14.6 Å². The van der Waals surface area contributed by atoms with Gasteiger partial charge >= 0.3 is 11.9 Å². The summed E-state index contributed by atoms with van der Waals surface area (Å²) in [6.45, 7) is 3.16. The highest BCUT2D eigenvalue weighted by molar-refractivity contribution is 7.07. The average molecular weight is 509 g/mol. The van der Waals surface area contributed by atoms with Gasteiger partial charge in [0.2, 0.25) is 0 Å². The van der Waals surface area contributed by atoms with Crippen molar-refractivity contribution in [1.29, 1.82) is 0 Å². The lowest BCUT2D eigenvalue weighted by Gasteiger charge is -2.24. The topological polar surface area (TPSA) is 116 Å². The Hall–Kier alpha value is -4.18. The highest BCUT2D eigenvalue weighted by Gasteiger charge is 2.33. The van der Waals surface area contributed by atoms with E-state index in [1.807, 2.05) is 30.3 Å². The van der Waals surface area contributed by atoms with Gasteiger partial charge < -0.3 is 19.3 Å². The first-order valence-electron chi connectivity index (χ1n) is 11.1. The average Bonchev–Trinajstić information content (AvgIpc) is 3.16. The van der Waals surface area contributed by atoms with Crippen LogP contribution in [0.1, 0.15) is 31.0 Å². The molecule has 0 saturated carbocycles. The van der Waals surface area contributed by atoms with Gasteiger partial charge in [0.25, 0.3) is 5.56 Å². The number of allylic oxidation sites excluding steroid dienone is 1. The molecule has 186 valence electrons. The molecule has 4 rings (SSSR count). The van der Waals surface area contributed by atoms with Crippen molar-refractivity contribution in [2.75, 3.05) is 20.3 Å². The van der Waals surface area contributed by atoms with Crippen molar-refractivity contribution in [2.24, 2.45) is 4.99 Å². The zero-order valence-corrected chi connectivity index (χ0v) is 20.7. The summed E-state index contributed by atoms with van der Waals surface area (Å²) < 4.78 is 17.8. The zero-order valence-electron chi connectivity index (χ0n) is 19.9. The lowest BCUT2D eigenvalue weighted by atomic mass is 9.96. The number of aromatic nitrogens is 1. The monoisotopic (exact) mass is 508 g/mol. The Kier molecular flexibility index (Phi) is 7.35. The molecule has 36 heavy (non-hydrogen) atoms. The maximum absolute atomic E-state index is 13.6. The molecule has 0 saturated heterocycles. The number of aliphatic carboxylic acids is 1. The molecule has 10 heteroatoms. The van der Waals surface area contributed by atoms with Crippen molar-refractivity contribution >= 4 is 29.4 Å². The molecule has 1 atom stereocenters. The molecule has 1 aliphatic heterocycles. The summed E-state index contributed by atoms with van der Waals surface area (Å²) in [6.07, 6.45) is 1.69. The van der Waals surface area contributed by atoms with Crippen LogP contribution in [0.25, 0.3) is 6.08 Å². The summed E-state index contributed by atoms with van der Waals surface area (Å²) in [7, 11) is 1.44. The number of hydrogen-bond acceptors (Lipinski definition) is 8. The van der Waals surface area contributed by atoms with Gasteiger partial charge in [0.05, 0.1) is 35.6 Å². The molecule has 1 aliphatic rings. The van der Waals surface area contributed by atoms with Crippen LogP contribution < -0.4 is 24.4 Å². The third-order valence-corrected chi connectivity index (χ3v) is 6.45. The molecule has 0 spiro atoms. The van der Waals surface area contributed by atoms with E-state index in [0.29, 0.717) is 31.9 Å². The number of carbonyl (C=O) groups excluding carboxylic acids is 1. The number of esters is 1. The first-order valence-corrected chi connectivity index (χ1v) is 11.9. The second-order valence-electron chi connectivity index (χ2n) is 7.81. The number of fused-ring (bicyclic) bond motifs is 1. The predicted molar refractivity (Wildman–Crippen MR) is 133 cm³/mol. The Morgan fingerprint density at radius 3 is 2.58 bits per heavy atom. The van der Waals surface area contributed by atoms with E-state index in [-0.39, 0.29) is 17.9 Å². The molecular formula is C26H24N2O7S. The molecule has 1 N–H and O–H groups in total. The number of carboxylic acid groups (broad SMARTS) is 1. The maximum Gasteiger partial charge on any atom is 0.341 e. The highest BCUT2D eigenvalue weighted by Crippen LogP contribution is 2.31. The van der Waals surface area contributed by atoms with Crippen molar-refractivity contribution in [1.82, 2.24) is 4.57 Å². The van der Waals surface area contributed by atoms with Crippen molar-refractivity contribution in [3.63, 3.8) is 0 Å². The van der Waals surface area contributed by atoms with Gasteiger partial charge in [-0.3, -0.25) is 9.36 Å². The third-order valence-electron chi connectivity index (χ3n) is 5.47. The molecule has 2 heterocycles. The molecule has 0 aliphatic carbocycles. The van der Waals surface area contributed by atoms with Crippen LogP contribution in [0.15, 0.2) is 69.6 Å². The summed E-state index contributed by atoms with van der Waals surface area (Å²) in [5, 5.41) is 8.85. The Morgan fingerprint density at radius 2 is 1.92 bits per heavy atom. The van der Waals surface area contributed by atoms with E-state index in [1.165, 1.54) is 23.0 Å². The second-order valence-corrected chi connectivity index (χ2v) is 8.81. The zero-order chi connectivity index (χ0) is 25.8. The molecular weight excluding hydrogens is 484 g/mol. The number of methoxy groups -OCH3 is 1. The number of carboxylic acids is 1. The molecule has 3 aromatic rings. The fourth-order valence-electron chi connectivity index (χ4n) is 3.93. The number of thiazole rings is 1. The van der Waals surface area contributed by atoms with Crippen LogP contribution in [0.4, 0.5) is 0 Å². The lowest BCUT2D eigenvalue weighted by molar-refractivity contribution is -0.140. The van der Waals surface area contributed by atoms with E-state index in [0.717, 1.165) is 5.56 Å². The molecule has 0 bridgehead atoms. The number of hydrogen-bond donors (Lipinski definition) is 1. The van der Waals surface area contributed by atoms with Crippen LogP contribution in [0.2, 0.25) is 0 Å². The van der Waals surface area contributed by atoms with Gasteiger partial charge in [0, 0.05) is 0 Å². The van der Waals surface area contributed by atoms with Crippen LogP contribution >= 0.6 is 11.3 Å². The van der Waals surface area contributed by atoms with Crippen LogP contribution in [-0.2, 0) is 14.3 Å². The first kappa shape index (κ1) is 24.9. The number of ether oxygens (including phenoxy) is 3. The van der Waals surface area contributed by atoms with Gasteiger partial charge in [0.1, 0.15) is 0 Å². The van der Waals surface area contributed by atoms with Gasteiger partial charge in [-0.15, -0.1) is 0 Å². The first-order chi connectivity index (χ1) is 17.3. The van der Waals surface area contributed by atoms with Gasteiger partial charge in [-0.1, -0.05) is 47.7 Å². The Bertz CT molecular complexity index is 1520. The van der Waals surface area contributed by atoms with Gasteiger partial charge in [0.15, 0.2) is 22.9 Å².